The van der Waals surface area contributed by atoms with Crippen LogP contribution in [0.2, 0.25) is 0 Å². The normalized spacial score (nSPS) is 15.4. The molecule has 2 rings (SSSR count). The van der Waals surface area contributed by atoms with E-state index in [0.717, 1.165) is 18.4 Å². The summed E-state index contributed by atoms with van der Waals surface area (Å²) in [5, 5.41) is 11.9. The Morgan fingerprint density at radius 3 is 2.94 bits per heavy atom. The van der Waals surface area contributed by atoms with Gasteiger partial charge in [-0.25, -0.2) is 0 Å². The number of fused-ring (bicyclic) bond motifs is 1. The quantitative estimate of drug-likeness (QED) is 0.594. The second-order valence-electron chi connectivity index (χ2n) is 4.95. The average Bonchev–Trinajstić information content (AvgIpc) is 2.85. The number of ketones is 1. The third-order valence-electron chi connectivity index (χ3n) is 3.56. The van der Waals surface area contributed by atoms with Crippen LogP contribution in [0.4, 0.5) is 0 Å². The van der Waals surface area contributed by atoms with Crippen molar-refractivity contribution in [2.24, 2.45) is 0 Å². The molecular weight excluding hydrogens is 226 g/mol. The zero-order chi connectivity index (χ0) is 13.0. The Hall–Kier alpha value is -1.19. The van der Waals surface area contributed by atoms with Crippen molar-refractivity contribution < 1.29 is 9.90 Å². The van der Waals surface area contributed by atoms with Gasteiger partial charge in [-0.3, -0.25) is 4.79 Å². The van der Waals surface area contributed by atoms with E-state index in [0.29, 0.717) is 13.0 Å². The number of hydrogen-bond donors (Lipinski definition) is 2. The molecule has 0 heterocycles. The lowest BCUT2D eigenvalue weighted by Crippen LogP contribution is -2.35. The highest BCUT2D eigenvalue weighted by Gasteiger charge is 2.17. The molecule has 18 heavy (non-hydrogen) atoms. The summed E-state index contributed by atoms with van der Waals surface area (Å²) >= 11 is 0. The predicted molar refractivity (Wildman–Crippen MR) is 72.0 cm³/mol. The van der Waals surface area contributed by atoms with Crippen LogP contribution in [0.15, 0.2) is 18.2 Å². The first-order valence-electron chi connectivity index (χ1n) is 6.72. The van der Waals surface area contributed by atoms with E-state index in [1.54, 1.807) is 0 Å². The molecule has 1 aromatic rings. The topological polar surface area (TPSA) is 49.3 Å². The second-order valence-corrected chi connectivity index (χ2v) is 4.95. The van der Waals surface area contributed by atoms with Gasteiger partial charge in [0, 0.05) is 12.2 Å². The molecule has 0 radical (unpaired) electrons. The minimum atomic E-state index is -0.184. The van der Waals surface area contributed by atoms with E-state index in [1.165, 1.54) is 17.5 Å². The minimum Gasteiger partial charge on any atom is -0.396 e. The number of aliphatic hydroxyl groups is 1. The number of Topliss-reactive ketones (excluding diaryl/α,β-unsaturated/α-hetero) is 1. The lowest BCUT2D eigenvalue weighted by atomic mass is 10.0. The lowest BCUT2D eigenvalue weighted by molar-refractivity contribution is 0.0950. The molecule has 0 bridgehead atoms. The van der Waals surface area contributed by atoms with Crippen LogP contribution in [0.1, 0.15) is 41.3 Å². The molecule has 3 nitrogen and oxygen atoms in total. The van der Waals surface area contributed by atoms with Crippen LogP contribution in [0.3, 0.4) is 0 Å². The Bertz CT molecular complexity index is 429. The van der Waals surface area contributed by atoms with Gasteiger partial charge in [0.15, 0.2) is 5.78 Å². The van der Waals surface area contributed by atoms with Crippen molar-refractivity contribution in [1.82, 2.24) is 5.32 Å². The second kappa shape index (κ2) is 6.12. The lowest BCUT2D eigenvalue weighted by Gasteiger charge is -2.13. The van der Waals surface area contributed by atoms with Crippen molar-refractivity contribution in [3.63, 3.8) is 0 Å². The molecule has 0 aromatic heterocycles. The average molecular weight is 247 g/mol. The van der Waals surface area contributed by atoms with Crippen molar-refractivity contribution in [2.75, 3.05) is 13.2 Å². The summed E-state index contributed by atoms with van der Waals surface area (Å²) in [7, 11) is 0. The molecule has 1 aliphatic carbocycles. The van der Waals surface area contributed by atoms with E-state index in [9.17, 15) is 4.79 Å². The number of nitrogens with one attached hydrogen (secondary N) is 1. The van der Waals surface area contributed by atoms with E-state index in [-0.39, 0.29) is 18.4 Å². The maximum atomic E-state index is 12.2. The Kier molecular flexibility index (Phi) is 4.50. The van der Waals surface area contributed by atoms with Gasteiger partial charge in [0.25, 0.3) is 0 Å². The summed E-state index contributed by atoms with van der Waals surface area (Å²) in [6.07, 6.45) is 4.13. The van der Waals surface area contributed by atoms with Gasteiger partial charge in [-0.2, -0.15) is 0 Å². The number of aliphatic hydroxyl groups excluding tert-OH is 1. The van der Waals surface area contributed by atoms with E-state index >= 15 is 0 Å². The molecule has 0 saturated carbocycles. The number of carbonyl (C=O) groups excluding carboxylic acids is 1. The molecule has 0 amide bonds. The summed E-state index contributed by atoms with van der Waals surface area (Å²) in [5.41, 5.74) is 3.54. The smallest absolute Gasteiger partial charge is 0.179 e. The first-order chi connectivity index (χ1) is 8.72. The fourth-order valence-electron chi connectivity index (χ4n) is 2.47. The molecular formula is C15H21NO2. The van der Waals surface area contributed by atoms with Gasteiger partial charge in [-0.05, 0) is 56.3 Å². The van der Waals surface area contributed by atoms with Gasteiger partial charge < -0.3 is 10.4 Å². The molecule has 1 unspecified atom stereocenters. The third-order valence-corrected chi connectivity index (χ3v) is 3.56. The summed E-state index contributed by atoms with van der Waals surface area (Å²) in [5.74, 6) is 0.141. The minimum absolute atomic E-state index is 0.141. The van der Waals surface area contributed by atoms with Crippen molar-refractivity contribution >= 4 is 5.78 Å². The first-order valence-corrected chi connectivity index (χ1v) is 6.72. The summed E-state index contributed by atoms with van der Waals surface area (Å²) in [6, 6.07) is 5.90. The van der Waals surface area contributed by atoms with Gasteiger partial charge in [0.2, 0.25) is 0 Å². The molecule has 1 aliphatic rings. The SMILES string of the molecule is CC(NCCCO)C(=O)c1ccc2c(c1)CCC2. The molecule has 0 fully saturated rings. The number of aryl methyl sites for hydroxylation is 2. The fraction of sp³-hybridized carbons (Fsp3) is 0.533. The van der Waals surface area contributed by atoms with Crippen molar-refractivity contribution in [2.45, 2.75) is 38.6 Å². The highest BCUT2D eigenvalue weighted by atomic mass is 16.3. The molecule has 0 spiro atoms. The molecule has 0 saturated heterocycles. The van der Waals surface area contributed by atoms with Crippen LogP contribution < -0.4 is 5.32 Å². The van der Waals surface area contributed by atoms with Gasteiger partial charge in [-0.15, -0.1) is 0 Å². The van der Waals surface area contributed by atoms with Gasteiger partial charge >= 0.3 is 0 Å². The van der Waals surface area contributed by atoms with Gasteiger partial charge in [0.05, 0.1) is 6.04 Å². The van der Waals surface area contributed by atoms with Crippen molar-refractivity contribution in [3.05, 3.63) is 34.9 Å². The van der Waals surface area contributed by atoms with E-state index in [2.05, 4.69) is 17.4 Å². The van der Waals surface area contributed by atoms with E-state index in [1.807, 2.05) is 13.0 Å². The summed E-state index contributed by atoms with van der Waals surface area (Å²) in [6.45, 7) is 2.72. The van der Waals surface area contributed by atoms with Crippen LogP contribution in [-0.4, -0.2) is 30.1 Å². The molecule has 3 heteroatoms. The van der Waals surface area contributed by atoms with E-state index < -0.39 is 0 Å². The molecule has 98 valence electrons. The predicted octanol–water partition coefficient (Wildman–Crippen LogP) is 1.72. The maximum absolute atomic E-state index is 12.2. The zero-order valence-electron chi connectivity index (χ0n) is 10.9. The largest absolute Gasteiger partial charge is 0.396 e. The molecule has 1 atom stereocenters. The number of benzene rings is 1. The Balaban J connectivity index is 2.00. The van der Waals surface area contributed by atoms with Crippen molar-refractivity contribution in [1.29, 1.82) is 0 Å². The maximum Gasteiger partial charge on any atom is 0.179 e. The molecule has 0 aliphatic heterocycles. The summed E-state index contributed by atoms with van der Waals surface area (Å²) < 4.78 is 0. The highest BCUT2D eigenvalue weighted by molar-refractivity contribution is 6.00. The molecule has 2 N–H and O–H groups in total. The van der Waals surface area contributed by atoms with Crippen molar-refractivity contribution in [3.8, 4) is 0 Å². The Morgan fingerprint density at radius 1 is 1.39 bits per heavy atom. The highest BCUT2D eigenvalue weighted by Crippen LogP contribution is 2.23. The first kappa shape index (κ1) is 13.2. The fourth-order valence-corrected chi connectivity index (χ4v) is 2.47. The van der Waals surface area contributed by atoms with Crippen LogP contribution in [0, 0.1) is 0 Å². The number of rotatable bonds is 6. The Morgan fingerprint density at radius 2 is 2.17 bits per heavy atom. The summed E-state index contributed by atoms with van der Waals surface area (Å²) in [4.78, 5) is 12.2. The zero-order valence-corrected chi connectivity index (χ0v) is 10.9. The monoisotopic (exact) mass is 247 g/mol. The van der Waals surface area contributed by atoms with E-state index in [4.69, 9.17) is 5.11 Å². The van der Waals surface area contributed by atoms with Gasteiger partial charge in [-0.1, -0.05) is 12.1 Å². The number of hydrogen-bond acceptors (Lipinski definition) is 3. The van der Waals surface area contributed by atoms with Gasteiger partial charge in [0.1, 0.15) is 0 Å². The van der Waals surface area contributed by atoms with Crippen LogP contribution >= 0.6 is 0 Å². The third kappa shape index (κ3) is 2.98. The standard InChI is InChI=1S/C15H21NO2/c1-11(16-8-3-9-17)15(18)14-7-6-12-4-2-5-13(12)10-14/h6-7,10-11,16-17H,2-5,8-9H2,1H3. The van der Waals surface area contributed by atoms with Crippen LogP contribution in [0.5, 0.6) is 0 Å². The Labute approximate surface area is 108 Å². The molecule has 1 aromatic carbocycles. The number of carbonyl (C=O) groups is 1. The van der Waals surface area contributed by atoms with Crippen LogP contribution in [-0.2, 0) is 12.8 Å². The van der Waals surface area contributed by atoms with Crippen LogP contribution in [0.25, 0.3) is 0 Å².